The molecule has 0 amide bonds. The standard InChI is InChI=1S/C12H15ClN2OS/c1-4-7-6(3)17-12-9(7)11(16)14-10(15-12)8(13)5-2/h8H,4-5H2,1-3H3,(H,14,15,16). The van der Waals surface area contributed by atoms with Gasteiger partial charge in [0.2, 0.25) is 0 Å². The molecule has 2 aromatic rings. The van der Waals surface area contributed by atoms with Crippen LogP contribution in [0.5, 0.6) is 0 Å². The molecule has 5 heteroatoms. The number of rotatable bonds is 3. The summed E-state index contributed by atoms with van der Waals surface area (Å²) in [7, 11) is 0. The fourth-order valence-corrected chi connectivity index (χ4v) is 3.18. The first-order valence-corrected chi connectivity index (χ1v) is 7.00. The summed E-state index contributed by atoms with van der Waals surface area (Å²) in [5.74, 6) is 0.579. The molecule has 17 heavy (non-hydrogen) atoms. The molecule has 1 atom stereocenters. The van der Waals surface area contributed by atoms with E-state index in [-0.39, 0.29) is 10.9 Å². The Morgan fingerprint density at radius 3 is 2.76 bits per heavy atom. The van der Waals surface area contributed by atoms with Crippen molar-refractivity contribution in [2.24, 2.45) is 0 Å². The Balaban J connectivity index is 2.72. The second kappa shape index (κ2) is 4.78. The minimum Gasteiger partial charge on any atom is -0.309 e. The van der Waals surface area contributed by atoms with Gasteiger partial charge in [-0.15, -0.1) is 22.9 Å². The van der Waals surface area contributed by atoms with Crippen molar-refractivity contribution in [1.29, 1.82) is 0 Å². The summed E-state index contributed by atoms with van der Waals surface area (Å²) in [4.78, 5) is 21.3. The molecule has 0 aromatic carbocycles. The number of hydrogen-bond acceptors (Lipinski definition) is 3. The Morgan fingerprint density at radius 1 is 1.47 bits per heavy atom. The largest absolute Gasteiger partial charge is 0.309 e. The predicted molar refractivity (Wildman–Crippen MR) is 73.2 cm³/mol. The number of thiophene rings is 1. The van der Waals surface area contributed by atoms with E-state index >= 15 is 0 Å². The second-order valence-corrected chi connectivity index (χ2v) is 5.73. The van der Waals surface area contributed by atoms with Gasteiger partial charge in [-0.05, 0) is 25.3 Å². The molecular weight excluding hydrogens is 256 g/mol. The van der Waals surface area contributed by atoms with Crippen LogP contribution in [0.15, 0.2) is 4.79 Å². The van der Waals surface area contributed by atoms with Gasteiger partial charge in [0.05, 0.1) is 10.8 Å². The molecule has 0 spiro atoms. The topological polar surface area (TPSA) is 45.8 Å². The van der Waals surface area contributed by atoms with Crippen molar-refractivity contribution in [3.63, 3.8) is 0 Å². The first-order valence-electron chi connectivity index (χ1n) is 5.74. The Bertz CT molecular complexity index is 602. The van der Waals surface area contributed by atoms with Gasteiger partial charge >= 0.3 is 0 Å². The molecule has 2 aromatic heterocycles. The number of H-pyrrole nitrogens is 1. The molecular formula is C12H15ClN2OS. The Hall–Kier alpha value is -0.870. The molecule has 0 radical (unpaired) electrons. The lowest BCUT2D eigenvalue weighted by Crippen LogP contribution is -2.12. The molecule has 0 bridgehead atoms. The van der Waals surface area contributed by atoms with Crippen LogP contribution in [0.4, 0.5) is 0 Å². The molecule has 0 aliphatic heterocycles. The number of aryl methyl sites for hydroxylation is 2. The number of hydrogen-bond donors (Lipinski definition) is 1. The third kappa shape index (κ3) is 2.11. The molecule has 1 N–H and O–H groups in total. The van der Waals surface area contributed by atoms with E-state index in [0.29, 0.717) is 5.82 Å². The van der Waals surface area contributed by atoms with Crippen molar-refractivity contribution < 1.29 is 0 Å². The second-order valence-electron chi connectivity index (χ2n) is 4.00. The van der Waals surface area contributed by atoms with E-state index in [1.54, 1.807) is 11.3 Å². The molecule has 0 aliphatic carbocycles. The van der Waals surface area contributed by atoms with Gasteiger partial charge in [-0.1, -0.05) is 13.8 Å². The highest BCUT2D eigenvalue weighted by molar-refractivity contribution is 7.18. The first kappa shape index (κ1) is 12.6. The summed E-state index contributed by atoms with van der Waals surface area (Å²) in [6.07, 6.45) is 1.61. The van der Waals surface area contributed by atoms with Gasteiger partial charge in [0.25, 0.3) is 5.56 Å². The highest BCUT2D eigenvalue weighted by Gasteiger charge is 2.16. The lowest BCUT2D eigenvalue weighted by Gasteiger charge is -2.05. The first-order chi connectivity index (χ1) is 8.08. The van der Waals surface area contributed by atoms with Crippen LogP contribution in [0.2, 0.25) is 0 Å². The minimum absolute atomic E-state index is 0.0645. The lowest BCUT2D eigenvalue weighted by atomic mass is 10.1. The zero-order chi connectivity index (χ0) is 12.6. The van der Waals surface area contributed by atoms with E-state index < -0.39 is 0 Å². The molecule has 0 saturated carbocycles. The summed E-state index contributed by atoms with van der Waals surface area (Å²) in [5.41, 5.74) is 1.04. The van der Waals surface area contributed by atoms with E-state index in [2.05, 4.69) is 16.9 Å². The smallest absolute Gasteiger partial charge is 0.259 e. The van der Waals surface area contributed by atoms with E-state index in [9.17, 15) is 4.79 Å². The number of nitrogens with zero attached hydrogens (tertiary/aromatic N) is 1. The lowest BCUT2D eigenvalue weighted by molar-refractivity contribution is 0.806. The van der Waals surface area contributed by atoms with Crippen LogP contribution in [0.3, 0.4) is 0 Å². The maximum atomic E-state index is 12.1. The van der Waals surface area contributed by atoms with E-state index in [1.807, 2.05) is 13.8 Å². The molecule has 0 aliphatic rings. The molecule has 2 heterocycles. The summed E-state index contributed by atoms with van der Waals surface area (Å²) in [6, 6.07) is 0. The number of nitrogens with one attached hydrogen (secondary N) is 1. The quantitative estimate of drug-likeness (QED) is 0.867. The van der Waals surface area contributed by atoms with Gasteiger partial charge in [0.1, 0.15) is 10.7 Å². The number of aromatic nitrogens is 2. The van der Waals surface area contributed by atoms with Gasteiger partial charge in [0, 0.05) is 4.88 Å². The molecule has 0 saturated heterocycles. The summed E-state index contributed by atoms with van der Waals surface area (Å²) >= 11 is 7.69. The number of aromatic amines is 1. The Kier molecular flexibility index (Phi) is 3.54. The van der Waals surface area contributed by atoms with Gasteiger partial charge in [0.15, 0.2) is 0 Å². The van der Waals surface area contributed by atoms with Crippen LogP contribution in [0.25, 0.3) is 10.2 Å². The average molecular weight is 271 g/mol. The zero-order valence-corrected chi connectivity index (χ0v) is 11.7. The zero-order valence-electron chi connectivity index (χ0n) is 10.1. The van der Waals surface area contributed by atoms with Gasteiger partial charge in [-0.25, -0.2) is 4.98 Å². The van der Waals surface area contributed by atoms with Gasteiger partial charge in [-0.3, -0.25) is 4.79 Å². The molecule has 1 unspecified atom stereocenters. The highest BCUT2D eigenvalue weighted by Crippen LogP contribution is 2.29. The van der Waals surface area contributed by atoms with Crippen molar-refractivity contribution in [2.75, 3.05) is 0 Å². The summed E-state index contributed by atoms with van der Waals surface area (Å²) in [6.45, 7) is 6.06. The molecule has 3 nitrogen and oxygen atoms in total. The average Bonchev–Trinajstić information content (AvgIpc) is 2.63. The van der Waals surface area contributed by atoms with Crippen molar-refractivity contribution in [1.82, 2.24) is 9.97 Å². The summed E-state index contributed by atoms with van der Waals surface area (Å²) < 4.78 is 0. The fraction of sp³-hybridized carbons (Fsp3) is 0.500. The third-order valence-corrected chi connectivity index (χ3v) is 4.45. The van der Waals surface area contributed by atoms with Crippen LogP contribution in [0.1, 0.15) is 41.9 Å². The maximum absolute atomic E-state index is 12.1. The summed E-state index contributed by atoms with van der Waals surface area (Å²) in [5, 5.41) is 0.512. The van der Waals surface area contributed by atoms with Crippen LogP contribution in [-0.4, -0.2) is 9.97 Å². The van der Waals surface area contributed by atoms with E-state index in [0.717, 1.165) is 28.6 Å². The molecule has 92 valence electrons. The number of halogens is 1. The van der Waals surface area contributed by atoms with E-state index in [1.165, 1.54) is 4.88 Å². The van der Waals surface area contributed by atoms with Gasteiger partial charge in [-0.2, -0.15) is 0 Å². The number of alkyl halides is 1. The van der Waals surface area contributed by atoms with Crippen LogP contribution >= 0.6 is 22.9 Å². The van der Waals surface area contributed by atoms with Crippen molar-refractivity contribution in [3.05, 3.63) is 26.6 Å². The number of fused-ring (bicyclic) bond motifs is 1. The molecule has 0 fully saturated rings. The van der Waals surface area contributed by atoms with Crippen molar-refractivity contribution in [2.45, 2.75) is 39.0 Å². The molecule has 2 rings (SSSR count). The van der Waals surface area contributed by atoms with E-state index in [4.69, 9.17) is 11.6 Å². The monoisotopic (exact) mass is 270 g/mol. The SMILES string of the molecule is CCc1c(C)sc2nc(C(Cl)CC)[nH]c(=O)c12. The van der Waals surface area contributed by atoms with Crippen LogP contribution in [0, 0.1) is 6.92 Å². The highest BCUT2D eigenvalue weighted by atomic mass is 35.5. The van der Waals surface area contributed by atoms with Crippen LogP contribution < -0.4 is 5.56 Å². The maximum Gasteiger partial charge on any atom is 0.259 e. The van der Waals surface area contributed by atoms with Crippen LogP contribution in [-0.2, 0) is 6.42 Å². The fourth-order valence-electron chi connectivity index (χ4n) is 1.96. The normalized spacial score (nSPS) is 13.2. The van der Waals surface area contributed by atoms with Crippen molar-refractivity contribution in [3.8, 4) is 0 Å². The van der Waals surface area contributed by atoms with Crippen molar-refractivity contribution >= 4 is 33.2 Å². The predicted octanol–water partition coefficient (Wildman–Crippen LogP) is 3.55. The Labute approximate surface area is 109 Å². The van der Waals surface area contributed by atoms with Gasteiger partial charge < -0.3 is 4.98 Å². The minimum atomic E-state index is -0.223. The Morgan fingerprint density at radius 2 is 2.18 bits per heavy atom. The third-order valence-electron chi connectivity index (χ3n) is 2.89.